The summed E-state index contributed by atoms with van der Waals surface area (Å²) in [7, 11) is 1.59. The zero-order valence-electron chi connectivity index (χ0n) is 15.5. The Morgan fingerprint density at radius 1 is 1.11 bits per heavy atom. The summed E-state index contributed by atoms with van der Waals surface area (Å²) in [4.78, 5) is 25.7. The molecule has 0 spiro atoms. The number of carbonyl (C=O) groups excluding carboxylic acids is 1. The fourth-order valence-corrected chi connectivity index (χ4v) is 3.34. The predicted octanol–water partition coefficient (Wildman–Crippen LogP) is 1.53. The number of carbonyl (C=O) groups is 1. The second kappa shape index (κ2) is 7.30. The molecule has 8 nitrogen and oxygen atoms in total. The van der Waals surface area contributed by atoms with Crippen LogP contribution < -0.4 is 19.1 Å². The minimum absolute atomic E-state index is 0.0338. The van der Waals surface area contributed by atoms with Gasteiger partial charge in [-0.15, -0.1) is 0 Å². The molecule has 2 aliphatic heterocycles. The number of fused-ring (bicyclic) bond motifs is 1. The van der Waals surface area contributed by atoms with Crippen LogP contribution in [-0.4, -0.2) is 67.3 Å². The van der Waals surface area contributed by atoms with E-state index in [1.54, 1.807) is 13.2 Å². The van der Waals surface area contributed by atoms with E-state index >= 15 is 0 Å². The van der Waals surface area contributed by atoms with Gasteiger partial charge in [-0.2, -0.15) is 4.98 Å². The molecule has 1 fully saturated rings. The summed E-state index contributed by atoms with van der Waals surface area (Å²) in [6.07, 6.45) is 0. The maximum Gasteiger partial charge on any atom is 0.257 e. The Kier molecular flexibility index (Phi) is 4.70. The lowest BCUT2D eigenvalue weighted by atomic mass is 10.1. The maximum atomic E-state index is 13.0. The Morgan fingerprint density at radius 3 is 2.67 bits per heavy atom. The van der Waals surface area contributed by atoms with E-state index in [4.69, 9.17) is 14.2 Å². The van der Waals surface area contributed by atoms with Crippen LogP contribution >= 0.6 is 0 Å². The normalized spacial score (nSPS) is 16.2. The molecule has 1 aromatic heterocycles. The minimum atomic E-state index is -0.0338. The number of aromatic nitrogens is 2. The molecule has 0 N–H and O–H groups in total. The molecular weight excluding hydrogens is 348 g/mol. The van der Waals surface area contributed by atoms with Gasteiger partial charge in [0.05, 0.1) is 12.7 Å². The molecule has 4 rings (SSSR count). The van der Waals surface area contributed by atoms with Crippen LogP contribution in [0.3, 0.4) is 0 Å². The number of aryl methyl sites for hydroxylation is 1. The molecule has 2 aliphatic rings. The Labute approximate surface area is 157 Å². The molecule has 0 saturated carbocycles. The van der Waals surface area contributed by atoms with Gasteiger partial charge in [-0.1, -0.05) is 6.07 Å². The molecule has 1 aromatic carbocycles. The fourth-order valence-electron chi connectivity index (χ4n) is 3.34. The van der Waals surface area contributed by atoms with E-state index in [9.17, 15) is 4.79 Å². The molecule has 0 aliphatic carbocycles. The van der Waals surface area contributed by atoms with Crippen molar-refractivity contribution in [3.8, 4) is 17.4 Å². The number of ether oxygens (including phenoxy) is 3. The summed E-state index contributed by atoms with van der Waals surface area (Å²) in [6, 6.07) is 7.27. The van der Waals surface area contributed by atoms with Crippen molar-refractivity contribution >= 4 is 11.7 Å². The number of hydrogen-bond donors (Lipinski definition) is 0. The molecule has 142 valence electrons. The lowest BCUT2D eigenvalue weighted by Gasteiger charge is -2.36. The van der Waals surface area contributed by atoms with Crippen molar-refractivity contribution in [2.75, 3.05) is 51.4 Å². The van der Waals surface area contributed by atoms with E-state index in [1.807, 2.05) is 30.0 Å². The van der Waals surface area contributed by atoms with Crippen LogP contribution in [-0.2, 0) is 0 Å². The van der Waals surface area contributed by atoms with Gasteiger partial charge in [0.2, 0.25) is 5.88 Å². The molecular formula is C19H22N4O4. The third-order valence-electron chi connectivity index (χ3n) is 4.70. The number of benzene rings is 1. The molecule has 0 atom stereocenters. The monoisotopic (exact) mass is 370 g/mol. The van der Waals surface area contributed by atoms with Gasteiger partial charge in [0.15, 0.2) is 11.5 Å². The van der Waals surface area contributed by atoms with Gasteiger partial charge in [0, 0.05) is 32.2 Å². The number of anilines is 1. The molecule has 3 heterocycles. The Morgan fingerprint density at radius 2 is 1.89 bits per heavy atom. The summed E-state index contributed by atoms with van der Waals surface area (Å²) in [6.45, 7) is 5.40. The SMILES string of the molecule is COc1cc(N2CCN(C(=O)c3cccc4c3OCCO4)CC2)nc(C)n1. The third kappa shape index (κ3) is 3.47. The number of nitrogens with zero attached hydrogens (tertiary/aromatic N) is 4. The first-order chi connectivity index (χ1) is 13.2. The van der Waals surface area contributed by atoms with E-state index in [1.165, 1.54) is 0 Å². The first-order valence-electron chi connectivity index (χ1n) is 8.98. The Balaban J connectivity index is 1.47. The van der Waals surface area contributed by atoms with Gasteiger partial charge < -0.3 is 24.0 Å². The largest absolute Gasteiger partial charge is 0.486 e. The molecule has 27 heavy (non-hydrogen) atoms. The van der Waals surface area contributed by atoms with Crippen molar-refractivity contribution < 1.29 is 19.0 Å². The maximum absolute atomic E-state index is 13.0. The van der Waals surface area contributed by atoms with Gasteiger partial charge in [0.25, 0.3) is 5.91 Å². The van der Waals surface area contributed by atoms with Crippen LogP contribution in [0, 0.1) is 6.92 Å². The van der Waals surface area contributed by atoms with Gasteiger partial charge in [0.1, 0.15) is 24.9 Å². The van der Waals surface area contributed by atoms with E-state index < -0.39 is 0 Å². The molecule has 0 radical (unpaired) electrons. The fraction of sp³-hybridized carbons (Fsp3) is 0.421. The van der Waals surface area contributed by atoms with E-state index in [2.05, 4.69) is 14.9 Å². The second-order valence-corrected chi connectivity index (χ2v) is 6.42. The standard InChI is InChI=1S/C19H22N4O4/c1-13-20-16(12-17(21-13)25-2)22-6-8-23(9-7-22)19(24)14-4-3-5-15-18(14)27-11-10-26-15/h3-5,12H,6-11H2,1-2H3. The molecule has 8 heteroatoms. The number of hydrogen-bond acceptors (Lipinski definition) is 7. The lowest BCUT2D eigenvalue weighted by Crippen LogP contribution is -2.49. The van der Waals surface area contributed by atoms with Crippen LogP contribution in [0.1, 0.15) is 16.2 Å². The highest BCUT2D eigenvalue weighted by molar-refractivity contribution is 5.98. The number of para-hydroxylation sites is 1. The van der Waals surface area contributed by atoms with Crippen molar-refractivity contribution in [1.29, 1.82) is 0 Å². The number of amides is 1. The zero-order chi connectivity index (χ0) is 18.8. The smallest absolute Gasteiger partial charge is 0.257 e. The summed E-state index contributed by atoms with van der Waals surface area (Å²) >= 11 is 0. The average molecular weight is 370 g/mol. The highest BCUT2D eigenvalue weighted by Crippen LogP contribution is 2.34. The summed E-state index contributed by atoms with van der Waals surface area (Å²) < 4.78 is 16.5. The first-order valence-corrected chi connectivity index (χ1v) is 8.98. The van der Waals surface area contributed by atoms with Crippen molar-refractivity contribution in [1.82, 2.24) is 14.9 Å². The van der Waals surface area contributed by atoms with Crippen LogP contribution in [0.15, 0.2) is 24.3 Å². The van der Waals surface area contributed by atoms with Crippen molar-refractivity contribution in [2.24, 2.45) is 0 Å². The number of methoxy groups -OCH3 is 1. The zero-order valence-corrected chi connectivity index (χ0v) is 15.5. The summed E-state index contributed by atoms with van der Waals surface area (Å²) in [5, 5.41) is 0. The van der Waals surface area contributed by atoms with Crippen LogP contribution in [0.2, 0.25) is 0 Å². The van der Waals surface area contributed by atoms with Crippen LogP contribution in [0.4, 0.5) is 5.82 Å². The Hall–Kier alpha value is -3.03. The molecule has 1 amide bonds. The molecule has 0 unspecified atom stereocenters. The average Bonchev–Trinajstić information content (AvgIpc) is 2.72. The number of piperazine rings is 1. The quantitative estimate of drug-likeness (QED) is 0.811. The minimum Gasteiger partial charge on any atom is -0.486 e. The van der Waals surface area contributed by atoms with E-state index in [-0.39, 0.29) is 5.91 Å². The topological polar surface area (TPSA) is 77.0 Å². The van der Waals surface area contributed by atoms with Gasteiger partial charge in [-0.3, -0.25) is 4.79 Å². The first kappa shape index (κ1) is 17.4. The molecule has 0 bridgehead atoms. The van der Waals surface area contributed by atoms with Gasteiger partial charge >= 0.3 is 0 Å². The Bertz CT molecular complexity index is 850. The highest BCUT2D eigenvalue weighted by Gasteiger charge is 2.27. The second-order valence-electron chi connectivity index (χ2n) is 6.42. The van der Waals surface area contributed by atoms with Crippen molar-refractivity contribution in [3.63, 3.8) is 0 Å². The third-order valence-corrected chi connectivity index (χ3v) is 4.70. The van der Waals surface area contributed by atoms with Crippen LogP contribution in [0.5, 0.6) is 17.4 Å². The van der Waals surface area contributed by atoms with Gasteiger partial charge in [-0.25, -0.2) is 4.98 Å². The van der Waals surface area contributed by atoms with Gasteiger partial charge in [-0.05, 0) is 19.1 Å². The predicted molar refractivity (Wildman–Crippen MR) is 98.9 cm³/mol. The summed E-state index contributed by atoms with van der Waals surface area (Å²) in [5.74, 6) is 3.18. The molecule has 2 aromatic rings. The van der Waals surface area contributed by atoms with Crippen molar-refractivity contribution in [2.45, 2.75) is 6.92 Å². The molecule has 1 saturated heterocycles. The van der Waals surface area contributed by atoms with Crippen molar-refractivity contribution in [3.05, 3.63) is 35.7 Å². The van der Waals surface area contributed by atoms with E-state index in [0.29, 0.717) is 68.2 Å². The highest BCUT2D eigenvalue weighted by atomic mass is 16.6. The van der Waals surface area contributed by atoms with Crippen LogP contribution in [0.25, 0.3) is 0 Å². The lowest BCUT2D eigenvalue weighted by molar-refractivity contribution is 0.0736. The number of rotatable bonds is 3. The summed E-state index contributed by atoms with van der Waals surface area (Å²) in [5.41, 5.74) is 0.556. The van der Waals surface area contributed by atoms with E-state index in [0.717, 1.165) is 5.82 Å².